The van der Waals surface area contributed by atoms with Crippen molar-refractivity contribution in [3.63, 3.8) is 0 Å². The molecule has 1 aliphatic heterocycles. The first-order valence-electron chi connectivity index (χ1n) is 9.99. The number of hydrogen-bond donors (Lipinski definition) is 0. The van der Waals surface area contributed by atoms with Crippen molar-refractivity contribution in [2.75, 3.05) is 11.4 Å². The molecular formula is C25H22N4. The minimum absolute atomic E-state index is 0.179. The number of rotatable bonds is 5. The highest BCUT2D eigenvalue weighted by Crippen LogP contribution is 2.37. The van der Waals surface area contributed by atoms with Gasteiger partial charge in [-0.05, 0) is 59.4 Å². The summed E-state index contributed by atoms with van der Waals surface area (Å²) in [5.74, 6) is 1.23. The molecule has 1 aliphatic rings. The molecule has 0 fully saturated rings. The van der Waals surface area contributed by atoms with E-state index in [0.717, 1.165) is 25.2 Å². The molecule has 0 atom stereocenters. The quantitative estimate of drug-likeness (QED) is 0.493. The second kappa shape index (κ2) is 7.84. The molecule has 4 heteroatoms. The number of aromatic nitrogens is 3. The van der Waals surface area contributed by atoms with Gasteiger partial charge in [-0.25, -0.2) is 4.98 Å². The molecule has 0 bridgehead atoms. The van der Waals surface area contributed by atoms with E-state index in [2.05, 4.69) is 57.3 Å². The Morgan fingerprint density at radius 1 is 0.793 bits per heavy atom. The van der Waals surface area contributed by atoms with Crippen LogP contribution >= 0.6 is 0 Å². The van der Waals surface area contributed by atoms with Crippen LogP contribution in [0.5, 0.6) is 0 Å². The Bertz CT molecular complexity index is 1060. The number of para-hydroxylation sites is 1. The van der Waals surface area contributed by atoms with Gasteiger partial charge in [0.15, 0.2) is 0 Å². The van der Waals surface area contributed by atoms with Crippen molar-refractivity contribution >= 4 is 11.5 Å². The monoisotopic (exact) mass is 378 g/mol. The molecule has 1 aromatic carbocycles. The largest absolute Gasteiger partial charge is 0.326 e. The summed E-state index contributed by atoms with van der Waals surface area (Å²) in [6.45, 7) is 0.966. The molecule has 4 nitrogen and oxygen atoms in total. The van der Waals surface area contributed by atoms with E-state index in [0.29, 0.717) is 0 Å². The van der Waals surface area contributed by atoms with Crippen LogP contribution in [0.25, 0.3) is 0 Å². The zero-order valence-electron chi connectivity index (χ0n) is 16.1. The first-order chi connectivity index (χ1) is 14.4. The van der Waals surface area contributed by atoms with Gasteiger partial charge in [-0.2, -0.15) is 0 Å². The topological polar surface area (TPSA) is 41.9 Å². The van der Waals surface area contributed by atoms with Gasteiger partial charge in [0.05, 0.1) is 0 Å². The fraction of sp³-hybridized carbons (Fsp3) is 0.160. The van der Waals surface area contributed by atoms with Gasteiger partial charge in [0, 0.05) is 49.1 Å². The zero-order chi connectivity index (χ0) is 19.5. The molecule has 0 N–H and O–H groups in total. The van der Waals surface area contributed by atoms with Gasteiger partial charge >= 0.3 is 0 Å². The average Bonchev–Trinajstić information content (AvgIpc) is 3.23. The van der Waals surface area contributed by atoms with E-state index in [1.807, 2.05) is 49.2 Å². The van der Waals surface area contributed by atoms with Crippen LogP contribution in [-0.4, -0.2) is 21.5 Å². The van der Waals surface area contributed by atoms with Gasteiger partial charge in [-0.15, -0.1) is 0 Å². The van der Waals surface area contributed by atoms with Gasteiger partial charge in [0.2, 0.25) is 0 Å². The van der Waals surface area contributed by atoms with Gasteiger partial charge in [-0.3, -0.25) is 9.97 Å². The summed E-state index contributed by atoms with van der Waals surface area (Å²) in [5.41, 5.74) is 6.28. The lowest BCUT2D eigenvalue weighted by atomic mass is 9.87. The number of pyridine rings is 3. The summed E-state index contributed by atoms with van der Waals surface area (Å²) in [7, 11) is 0. The molecule has 0 saturated carbocycles. The third kappa shape index (κ3) is 3.49. The van der Waals surface area contributed by atoms with Crippen molar-refractivity contribution in [3.05, 3.63) is 114 Å². The van der Waals surface area contributed by atoms with E-state index in [4.69, 9.17) is 4.98 Å². The van der Waals surface area contributed by atoms with Crippen molar-refractivity contribution in [3.8, 4) is 0 Å². The summed E-state index contributed by atoms with van der Waals surface area (Å²) in [6.07, 6.45) is 11.3. The van der Waals surface area contributed by atoms with Crippen LogP contribution in [0.1, 0.15) is 28.2 Å². The molecule has 3 aromatic heterocycles. The third-order valence-corrected chi connectivity index (χ3v) is 5.61. The lowest BCUT2D eigenvalue weighted by Crippen LogP contribution is -2.18. The Balaban J connectivity index is 1.54. The van der Waals surface area contributed by atoms with E-state index in [1.165, 1.54) is 27.9 Å². The van der Waals surface area contributed by atoms with Crippen molar-refractivity contribution in [2.24, 2.45) is 0 Å². The van der Waals surface area contributed by atoms with Crippen LogP contribution in [0, 0.1) is 0 Å². The maximum atomic E-state index is 4.79. The van der Waals surface area contributed by atoms with Gasteiger partial charge in [-0.1, -0.05) is 36.4 Å². The van der Waals surface area contributed by atoms with Crippen LogP contribution < -0.4 is 4.90 Å². The lowest BCUT2D eigenvalue weighted by molar-refractivity contribution is 0.786. The maximum absolute atomic E-state index is 4.79. The van der Waals surface area contributed by atoms with E-state index >= 15 is 0 Å². The van der Waals surface area contributed by atoms with E-state index < -0.39 is 0 Å². The fourth-order valence-electron chi connectivity index (χ4n) is 4.20. The summed E-state index contributed by atoms with van der Waals surface area (Å²) in [4.78, 5) is 15.9. The van der Waals surface area contributed by atoms with Crippen LogP contribution in [0.15, 0.2) is 91.6 Å². The molecule has 0 amide bonds. The van der Waals surface area contributed by atoms with E-state index in [9.17, 15) is 0 Å². The maximum Gasteiger partial charge on any atom is 0.136 e. The number of fused-ring (bicyclic) bond motifs is 1. The molecule has 0 unspecified atom stereocenters. The predicted octanol–water partition coefficient (Wildman–Crippen LogP) is 4.94. The van der Waals surface area contributed by atoms with Crippen LogP contribution in [0.2, 0.25) is 0 Å². The molecule has 142 valence electrons. The molecule has 0 spiro atoms. The fourth-order valence-corrected chi connectivity index (χ4v) is 4.20. The molecular weight excluding hydrogens is 356 g/mol. The zero-order valence-corrected chi connectivity index (χ0v) is 16.1. The smallest absolute Gasteiger partial charge is 0.136 e. The Morgan fingerprint density at radius 2 is 1.52 bits per heavy atom. The molecule has 29 heavy (non-hydrogen) atoms. The summed E-state index contributed by atoms with van der Waals surface area (Å²) in [5, 5.41) is 0. The number of benzene rings is 1. The summed E-state index contributed by atoms with van der Waals surface area (Å²) >= 11 is 0. The van der Waals surface area contributed by atoms with Crippen molar-refractivity contribution in [1.82, 2.24) is 15.0 Å². The van der Waals surface area contributed by atoms with E-state index in [1.54, 1.807) is 0 Å². The van der Waals surface area contributed by atoms with Gasteiger partial charge < -0.3 is 4.90 Å². The lowest BCUT2D eigenvalue weighted by Gasteiger charge is -2.24. The normalized spacial score (nSPS) is 12.9. The minimum atomic E-state index is 0.179. The number of anilines is 2. The average molecular weight is 378 g/mol. The Kier molecular flexibility index (Phi) is 4.75. The van der Waals surface area contributed by atoms with Crippen molar-refractivity contribution < 1.29 is 0 Å². The summed E-state index contributed by atoms with van der Waals surface area (Å²) < 4.78 is 0. The highest BCUT2D eigenvalue weighted by Gasteiger charge is 2.25. The standard InChI is InChI=1S/C25H22N4/c1-2-10-24-19(6-1)11-15-29(24)25-20(7-5-14-28-25)16-23(21-8-3-12-26-17-21)22-9-4-13-27-18-22/h1-10,12-14,17-18,23H,11,15-16H2. The highest BCUT2D eigenvalue weighted by molar-refractivity contribution is 5.69. The molecule has 0 saturated heterocycles. The van der Waals surface area contributed by atoms with E-state index in [-0.39, 0.29) is 5.92 Å². The molecule has 4 heterocycles. The number of nitrogens with zero attached hydrogens (tertiary/aromatic N) is 4. The number of hydrogen-bond acceptors (Lipinski definition) is 4. The Morgan fingerprint density at radius 3 is 2.24 bits per heavy atom. The molecule has 5 rings (SSSR count). The van der Waals surface area contributed by atoms with Crippen LogP contribution in [-0.2, 0) is 12.8 Å². The molecule has 0 radical (unpaired) electrons. The second-order valence-corrected chi connectivity index (χ2v) is 7.35. The minimum Gasteiger partial charge on any atom is -0.326 e. The first-order valence-corrected chi connectivity index (χ1v) is 9.99. The van der Waals surface area contributed by atoms with Gasteiger partial charge in [0.1, 0.15) is 5.82 Å². The SMILES string of the molecule is c1cncc(C(Cc2cccnc2N2CCc3ccccc32)c2cccnc2)c1. The highest BCUT2D eigenvalue weighted by atomic mass is 15.2. The van der Waals surface area contributed by atoms with Crippen molar-refractivity contribution in [1.29, 1.82) is 0 Å². The Hall–Kier alpha value is -3.53. The first kappa shape index (κ1) is 17.6. The predicted molar refractivity (Wildman–Crippen MR) is 115 cm³/mol. The van der Waals surface area contributed by atoms with Crippen LogP contribution in [0.3, 0.4) is 0 Å². The third-order valence-electron chi connectivity index (χ3n) is 5.61. The van der Waals surface area contributed by atoms with Crippen LogP contribution in [0.4, 0.5) is 11.5 Å². The van der Waals surface area contributed by atoms with Crippen molar-refractivity contribution in [2.45, 2.75) is 18.8 Å². The molecule has 4 aromatic rings. The molecule has 0 aliphatic carbocycles. The summed E-state index contributed by atoms with van der Waals surface area (Å²) in [6, 6.07) is 21.1. The second-order valence-electron chi connectivity index (χ2n) is 7.35. The Labute approximate surface area is 170 Å². The van der Waals surface area contributed by atoms with Gasteiger partial charge in [0.25, 0.3) is 0 Å².